The summed E-state index contributed by atoms with van der Waals surface area (Å²) >= 11 is 6.04. The summed E-state index contributed by atoms with van der Waals surface area (Å²) in [6.07, 6.45) is 1.70. The molecule has 5 aromatic rings. The first-order valence-corrected chi connectivity index (χ1v) is 10.5. The lowest BCUT2D eigenvalue weighted by molar-refractivity contribution is 0.262. The molecule has 9 heteroatoms. The molecule has 0 bridgehead atoms. The Labute approximate surface area is 194 Å². The molecular formula is C24H18ClN7O. The number of anilines is 2. The number of aromatic nitrogens is 5. The number of amides is 2. The van der Waals surface area contributed by atoms with Gasteiger partial charge in [-0.25, -0.2) is 4.79 Å². The van der Waals surface area contributed by atoms with Crippen molar-refractivity contribution in [2.45, 2.75) is 6.92 Å². The lowest BCUT2D eigenvalue weighted by atomic mass is 10.1. The van der Waals surface area contributed by atoms with Crippen LogP contribution in [0.15, 0.2) is 79.0 Å². The first-order chi connectivity index (χ1) is 16.1. The lowest BCUT2D eigenvalue weighted by Gasteiger charge is -2.11. The smallest absolute Gasteiger partial charge is 0.308 e. The summed E-state index contributed by atoms with van der Waals surface area (Å²) in [5.74, 6) is 0.554. The number of carbonyl (C=O) groups excluding carboxylic acids is 1. The minimum absolute atomic E-state index is 0.364. The molecule has 5 rings (SSSR count). The van der Waals surface area contributed by atoms with E-state index in [1.165, 1.54) is 0 Å². The molecule has 0 saturated carbocycles. The quantitative estimate of drug-likeness (QED) is 0.375. The molecule has 0 fully saturated rings. The van der Waals surface area contributed by atoms with Crippen LogP contribution in [0.5, 0.6) is 0 Å². The number of benzene rings is 2. The zero-order valence-electron chi connectivity index (χ0n) is 17.5. The summed E-state index contributed by atoms with van der Waals surface area (Å²) in [5.41, 5.74) is 5.02. The van der Waals surface area contributed by atoms with Crippen LogP contribution in [-0.2, 0) is 0 Å². The Hall–Kier alpha value is -4.30. The highest BCUT2D eigenvalue weighted by Gasteiger charge is 2.12. The van der Waals surface area contributed by atoms with Crippen LogP contribution < -0.4 is 10.6 Å². The second-order valence-corrected chi connectivity index (χ2v) is 7.78. The predicted molar refractivity (Wildman–Crippen MR) is 128 cm³/mol. The Morgan fingerprint density at radius 1 is 0.909 bits per heavy atom. The summed E-state index contributed by atoms with van der Waals surface area (Å²) in [5, 5.41) is 19.3. The molecule has 0 unspecified atom stereocenters. The molecule has 33 heavy (non-hydrogen) atoms. The first kappa shape index (κ1) is 20.6. The topological polar surface area (TPSA) is 97.1 Å². The molecule has 3 aromatic heterocycles. The van der Waals surface area contributed by atoms with E-state index < -0.39 is 0 Å². The van der Waals surface area contributed by atoms with Crippen LogP contribution in [0.2, 0.25) is 5.02 Å². The second kappa shape index (κ2) is 8.68. The number of urea groups is 1. The number of hydrogen-bond acceptors (Lipinski definition) is 5. The maximum Gasteiger partial charge on any atom is 0.323 e. The molecule has 0 aliphatic carbocycles. The van der Waals surface area contributed by atoms with Crippen molar-refractivity contribution in [3.8, 4) is 22.8 Å². The van der Waals surface area contributed by atoms with E-state index in [2.05, 4.69) is 25.8 Å². The Balaban J connectivity index is 1.41. The first-order valence-electron chi connectivity index (χ1n) is 10.2. The van der Waals surface area contributed by atoms with E-state index in [1.807, 2.05) is 67.6 Å². The third kappa shape index (κ3) is 4.37. The van der Waals surface area contributed by atoms with Crippen molar-refractivity contribution < 1.29 is 4.79 Å². The van der Waals surface area contributed by atoms with Crippen molar-refractivity contribution in [3.63, 3.8) is 0 Å². The standard InChI is InChI=1S/C24H18ClN7O/c1-15-8-9-17(25)14-21(15)28-24(33)27-18-6-4-5-16(13-18)19-10-11-22-29-30-23(32(22)31-19)20-7-2-3-12-26-20/h2-14H,1H3,(H2,27,28,33). The monoisotopic (exact) mass is 455 g/mol. The van der Waals surface area contributed by atoms with Gasteiger partial charge in [-0.05, 0) is 61.0 Å². The third-order valence-corrected chi connectivity index (χ3v) is 5.26. The van der Waals surface area contributed by atoms with Crippen LogP contribution in [-0.4, -0.2) is 30.8 Å². The molecule has 0 atom stereocenters. The average molecular weight is 456 g/mol. The van der Waals surface area contributed by atoms with Crippen molar-refractivity contribution in [1.29, 1.82) is 0 Å². The average Bonchev–Trinajstić information content (AvgIpc) is 3.25. The SMILES string of the molecule is Cc1ccc(Cl)cc1NC(=O)Nc1cccc(-c2ccc3nnc(-c4ccccn4)n3n2)c1. The van der Waals surface area contributed by atoms with Crippen LogP contribution in [0.4, 0.5) is 16.2 Å². The fourth-order valence-electron chi connectivity index (χ4n) is 3.37. The van der Waals surface area contributed by atoms with E-state index in [-0.39, 0.29) is 6.03 Å². The van der Waals surface area contributed by atoms with Crippen molar-refractivity contribution >= 4 is 34.7 Å². The van der Waals surface area contributed by atoms with Gasteiger partial charge >= 0.3 is 6.03 Å². The van der Waals surface area contributed by atoms with Gasteiger partial charge in [0, 0.05) is 28.2 Å². The molecule has 0 aliphatic rings. The van der Waals surface area contributed by atoms with E-state index in [4.69, 9.17) is 16.7 Å². The van der Waals surface area contributed by atoms with Crippen molar-refractivity contribution in [1.82, 2.24) is 24.8 Å². The van der Waals surface area contributed by atoms with Crippen LogP contribution in [0.1, 0.15) is 5.56 Å². The van der Waals surface area contributed by atoms with Crippen molar-refractivity contribution in [2.24, 2.45) is 0 Å². The summed E-state index contributed by atoms with van der Waals surface area (Å²) in [7, 11) is 0. The number of pyridine rings is 1. The molecule has 0 saturated heterocycles. The van der Waals surface area contributed by atoms with Gasteiger partial charge in [0.05, 0.1) is 5.69 Å². The molecule has 2 amide bonds. The predicted octanol–water partition coefficient (Wildman–Crippen LogP) is 5.46. The molecule has 2 N–H and O–H groups in total. The Morgan fingerprint density at radius 3 is 2.67 bits per heavy atom. The molecule has 0 spiro atoms. The minimum Gasteiger partial charge on any atom is -0.308 e. The number of nitrogens with zero attached hydrogens (tertiary/aromatic N) is 5. The number of halogens is 1. The Kier molecular flexibility index (Phi) is 5.42. The molecule has 162 valence electrons. The highest BCUT2D eigenvalue weighted by molar-refractivity contribution is 6.31. The van der Waals surface area contributed by atoms with Crippen LogP contribution in [0.25, 0.3) is 28.4 Å². The maximum absolute atomic E-state index is 12.5. The number of hydrogen-bond donors (Lipinski definition) is 2. The van der Waals surface area contributed by atoms with Gasteiger partial charge in [0.25, 0.3) is 0 Å². The van der Waals surface area contributed by atoms with Gasteiger partial charge in [0.1, 0.15) is 5.69 Å². The fourth-order valence-corrected chi connectivity index (χ4v) is 3.54. The van der Waals surface area contributed by atoms with E-state index in [1.54, 1.807) is 22.8 Å². The largest absolute Gasteiger partial charge is 0.323 e. The van der Waals surface area contributed by atoms with Gasteiger partial charge in [-0.15, -0.1) is 10.2 Å². The summed E-state index contributed by atoms with van der Waals surface area (Å²) < 4.78 is 1.66. The fraction of sp³-hybridized carbons (Fsp3) is 0.0417. The van der Waals surface area contributed by atoms with E-state index in [9.17, 15) is 4.79 Å². The normalized spacial score (nSPS) is 10.8. The summed E-state index contributed by atoms with van der Waals surface area (Å²) in [6.45, 7) is 1.90. The molecule has 0 radical (unpaired) electrons. The number of nitrogens with one attached hydrogen (secondary N) is 2. The Bertz CT molecular complexity index is 1470. The van der Waals surface area contributed by atoms with E-state index in [0.29, 0.717) is 39.3 Å². The lowest BCUT2D eigenvalue weighted by Crippen LogP contribution is -2.20. The molecular weight excluding hydrogens is 438 g/mol. The van der Waals surface area contributed by atoms with Gasteiger partial charge < -0.3 is 10.6 Å². The molecule has 0 aliphatic heterocycles. The zero-order valence-corrected chi connectivity index (χ0v) is 18.3. The zero-order chi connectivity index (χ0) is 22.8. The second-order valence-electron chi connectivity index (χ2n) is 7.35. The minimum atomic E-state index is -0.364. The molecule has 8 nitrogen and oxygen atoms in total. The maximum atomic E-state index is 12.5. The van der Waals surface area contributed by atoms with Crippen LogP contribution >= 0.6 is 11.6 Å². The molecule has 2 aromatic carbocycles. The van der Waals surface area contributed by atoms with E-state index in [0.717, 1.165) is 11.1 Å². The van der Waals surface area contributed by atoms with Crippen LogP contribution in [0, 0.1) is 6.92 Å². The van der Waals surface area contributed by atoms with Gasteiger partial charge in [0.2, 0.25) is 5.82 Å². The van der Waals surface area contributed by atoms with Gasteiger partial charge in [-0.2, -0.15) is 9.61 Å². The van der Waals surface area contributed by atoms with Gasteiger partial charge in [0.15, 0.2) is 5.65 Å². The van der Waals surface area contributed by atoms with E-state index >= 15 is 0 Å². The van der Waals surface area contributed by atoms with Gasteiger partial charge in [-0.1, -0.05) is 35.9 Å². The number of rotatable bonds is 4. The third-order valence-electron chi connectivity index (χ3n) is 5.02. The number of fused-ring (bicyclic) bond motifs is 1. The van der Waals surface area contributed by atoms with Crippen LogP contribution in [0.3, 0.4) is 0 Å². The molecule has 3 heterocycles. The highest BCUT2D eigenvalue weighted by Crippen LogP contribution is 2.24. The van der Waals surface area contributed by atoms with Crippen molar-refractivity contribution in [2.75, 3.05) is 10.6 Å². The van der Waals surface area contributed by atoms with Crippen molar-refractivity contribution in [3.05, 3.63) is 89.6 Å². The number of carbonyl (C=O) groups is 1. The summed E-state index contributed by atoms with van der Waals surface area (Å²) in [4.78, 5) is 16.9. The highest BCUT2D eigenvalue weighted by atomic mass is 35.5. The Morgan fingerprint density at radius 2 is 1.82 bits per heavy atom. The van der Waals surface area contributed by atoms with Gasteiger partial charge in [-0.3, -0.25) is 4.98 Å². The number of aryl methyl sites for hydroxylation is 1. The summed E-state index contributed by atoms with van der Waals surface area (Å²) in [6, 6.07) is 21.7.